The Morgan fingerprint density at radius 3 is 2.27 bits per heavy atom. The van der Waals surface area contributed by atoms with E-state index in [2.05, 4.69) is 45.9 Å². The second-order valence-electron chi connectivity index (χ2n) is 11.8. The molecule has 1 spiro atoms. The summed E-state index contributed by atoms with van der Waals surface area (Å²) in [6.07, 6.45) is 14.5. The predicted octanol–water partition coefficient (Wildman–Crippen LogP) is 6.80. The first kappa shape index (κ1) is 16.0. The summed E-state index contributed by atoms with van der Waals surface area (Å²) in [5, 5.41) is 0. The molecular formula is C26H34. The van der Waals surface area contributed by atoms with Crippen molar-refractivity contribution in [2.24, 2.45) is 23.2 Å². The average Bonchev–Trinajstić information content (AvgIpc) is 3.26. The molecule has 2 atom stereocenters. The fourth-order valence-electron chi connectivity index (χ4n) is 8.20. The topological polar surface area (TPSA) is 0 Å². The van der Waals surface area contributed by atoms with Crippen LogP contribution in [0.4, 0.5) is 0 Å². The Bertz CT molecular complexity index is 812. The number of hydrogen-bond acceptors (Lipinski definition) is 0. The van der Waals surface area contributed by atoms with Crippen LogP contribution < -0.4 is 0 Å². The highest BCUT2D eigenvalue weighted by molar-refractivity contribution is 5.68. The van der Waals surface area contributed by atoms with Gasteiger partial charge in [0.05, 0.1) is 0 Å². The Morgan fingerprint density at radius 1 is 0.962 bits per heavy atom. The quantitative estimate of drug-likeness (QED) is 0.524. The lowest BCUT2D eigenvalue weighted by Crippen LogP contribution is -2.57. The van der Waals surface area contributed by atoms with E-state index in [1.54, 1.807) is 41.5 Å². The SMILES string of the molecule is CC1=Cc2cc(C(C)(C)C)cc(C34CC5CC(CC(C5)C35CC5)C4)c2C1. The molecule has 1 aromatic rings. The van der Waals surface area contributed by atoms with Gasteiger partial charge in [0.15, 0.2) is 0 Å². The smallest absolute Gasteiger partial charge is 0.00205 e. The van der Waals surface area contributed by atoms with E-state index in [4.69, 9.17) is 0 Å². The van der Waals surface area contributed by atoms with Crippen LogP contribution in [0.3, 0.4) is 0 Å². The summed E-state index contributed by atoms with van der Waals surface area (Å²) in [6.45, 7) is 9.54. The summed E-state index contributed by atoms with van der Waals surface area (Å²) in [4.78, 5) is 0. The molecular weight excluding hydrogens is 312 g/mol. The zero-order valence-electron chi connectivity index (χ0n) is 17.1. The van der Waals surface area contributed by atoms with Crippen molar-refractivity contribution in [1.29, 1.82) is 0 Å². The first-order valence-electron chi connectivity index (χ1n) is 11.2. The average molecular weight is 347 g/mol. The highest BCUT2D eigenvalue weighted by Crippen LogP contribution is 2.78. The maximum Gasteiger partial charge on any atom is 0.00205 e. The molecule has 1 aromatic carbocycles. The summed E-state index contributed by atoms with van der Waals surface area (Å²) in [5.74, 6) is 3.12. The van der Waals surface area contributed by atoms with E-state index in [0.29, 0.717) is 10.8 Å². The normalized spacial score (nSPS) is 38.6. The van der Waals surface area contributed by atoms with Gasteiger partial charge in [-0.3, -0.25) is 0 Å². The monoisotopic (exact) mass is 346 g/mol. The molecule has 5 saturated carbocycles. The van der Waals surface area contributed by atoms with Crippen molar-refractivity contribution in [2.45, 2.75) is 89.9 Å². The molecule has 138 valence electrons. The van der Waals surface area contributed by atoms with E-state index in [9.17, 15) is 0 Å². The van der Waals surface area contributed by atoms with Crippen LogP contribution in [0.1, 0.15) is 94.9 Å². The molecule has 0 saturated heterocycles. The Kier molecular flexibility index (Phi) is 2.87. The van der Waals surface area contributed by atoms with Crippen LogP contribution in [0.25, 0.3) is 6.08 Å². The van der Waals surface area contributed by atoms with Crippen molar-refractivity contribution in [3.8, 4) is 0 Å². The summed E-state index contributed by atoms with van der Waals surface area (Å²) >= 11 is 0. The molecule has 2 unspecified atom stereocenters. The van der Waals surface area contributed by atoms with Crippen LogP contribution in [0.5, 0.6) is 0 Å². The third-order valence-electron chi connectivity index (χ3n) is 9.22. The summed E-state index contributed by atoms with van der Waals surface area (Å²) in [5.41, 5.74) is 9.73. The molecule has 0 aromatic heterocycles. The van der Waals surface area contributed by atoms with Gasteiger partial charge in [0.1, 0.15) is 0 Å². The zero-order chi connectivity index (χ0) is 17.9. The number of fused-ring (bicyclic) bond motifs is 1. The molecule has 6 aliphatic carbocycles. The predicted molar refractivity (Wildman–Crippen MR) is 109 cm³/mol. The number of rotatable bonds is 1. The highest BCUT2D eigenvalue weighted by atomic mass is 14.7. The maximum absolute atomic E-state index is 2.71. The van der Waals surface area contributed by atoms with Gasteiger partial charge in [-0.2, -0.15) is 0 Å². The van der Waals surface area contributed by atoms with E-state index in [1.807, 2.05) is 5.56 Å². The van der Waals surface area contributed by atoms with E-state index < -0.39 is 0 Å². The molecule has 7 rings (SSSR count). The molecule has 26 heavy (non-hydrogen) atoms. The fraction of sp³-hybridized carbons (Fsp3) is 0.692. The summed E-state index contributed by atoms with van der Waals surface area (Å²) in [7, 11) is 0. The molecule has 0 radical (unpaired) electrons. The minimum Gasteiger partial charge on any atom is -0.0683 e. The highest BCUT2D eigenvalue weighted by Gasteiger charge is 2.70. The molecule has 5 fully saturated rings. The molecule has 6 aliphatic rings. The molecule has 0 amide bonds. The Labute approximate surface area is 159 Å². The Hall–Kier alpha value is -1.04. The summed E-state index contributed by atoms with van der Waals surface area (Å²) in [6, 6.07) is 5.23. The minimum absolute atomic E-state index is 0.243. The minimum atomic E-state index is 0.243. The van der Waals surface area contributed by atoms with Crippen molar-refractivity contribution < 1.29 is 0 Å². The van der Waals surface area contributed by atoms with E-state index in [0.717, 1.165) is 17.8 Å². The molecule has 0 heteroatoms. The molecule has 0 aliphatic heterocycles. The van der Waals surface area contributed by atoms with Gasteiger partial charge in [0.25, 0.3) is 0 Å². The van der Waals surface area contributed by atoms with Gasteiger partial charge >= 0.3 is 0 Å². The van der Waals surface area contributed by atoms with Crippen LogP contribution in [0.15, 0.2) is 17.7 Å². The molecule has 4 bridgehead atoms. The fourth-order valence-corrected chi connectivity index (χ4v) is 8.20. The largest absolute Gasteiger partial charge is 0.0683 e. The summed E-state index contributed by atoms with van der Waals surface area (Å²) < 4.78 is 0. The lowest BCUT2D eigenvalue weighted by molar-refractivity contribution is -0.0778. The van der Waals surface area contributed by atoms with Crippen LogP contribution in [-0.2, 0) is 17.3 Å². The Balaban J connectivity index is 1.59. The lowest BCUT2D eigenvalue weighted by atomic mass is 9.41. The van der Waals surface area contributed by atoms with Gasteiger partial charge in [0, 0.05) is 5.41 Å². The number of hydrogen-bond donors (Lipinski definition) is 0. The van der Waals surface area contributed by atoms with Gasteiger partial charge in [-0.15, -0.1) is 0 Å². The number of allylic oxidation sites excluding steroid dienone is 1. The van der Waals surface area contributed by atoms with Crippen molar-refractivity contribution in [3.05, 3.63) is 40.0 Å². The van der Waals surface area contributed by atoms with E-state index in [-0.39, 0.29) is 5.41 Å². The van der Waals surface area contributed by atoms with E-state index in [1.165, 1.54) is 32.1 Å². The second kappa shape index (κ2) is 4.68. The third kappa shape index (κ3) is 1.87. The van der Waals surface area contributed by atoms with Crippen LogP contribution in [-0.4, -0.2) is 0 Å². The maximum atomic E-state index is 2.71. The van der Waals surface area contributed by atoms with Crippen molar-refractivity contribution in [1.82, 2.24) is 0 Å². The third-order valence-corrected chi connectivity index (χ3v) is 9.22. The first-order chi connectivity index (χ1) is 12.3. The zero-order valence-corrected chi connectivity index (χ0v) is 17.1. The van der Waals surface area contributed by atoms with E-state index >= 15 is 0 Å². The molecule has 0 nitrogen and oxygen atoms in total. The molecule has 0 heterocycles. The van der Waals surface area contributed by atoms with Crippen molar-refractivity contribution in [3.63, 3.8) is 0 Å². The van der Waals surface area contributed by atoms with Crippen molar-refractivity contribution >= 4 is 6.08 Å². The van der Waals surface area contributed by atoms with Gasteiger partial charge < -0.3 is 0 Å². The van der Waals surface area contributed by atoms with Gasteiger partial charge in [-0.25, -0.2) is 0 Å². The van der Waals surface area contributed by atoms with Crippen molar-refractivity contribution in [2.75, 3.05) is 0 Å². The lowest BCUT2D eigenvalue weighted by Gasteiger charge is -2.63. The van der Waals surface area contributed by atoms with Gasteiger partial charge in [-0.1, -0.05) is 44.6 Å². The second-order valence-corrected chi connectivity index (χ2v) is 11.8. The van der Waals surface area contributed by atoms with Crippen LogP contribution in [0.2, 0.25) is 0 Å². The van der Waals surface area contributed by atoms with Gasteiger partial charge in [-0.05, 0) is 109 Å². The molecule has 0 N–H and O–H groups in total. The number of benzene rings is 1. The van der Waals surface area contributed by atoms with Crippen LogP contribution >= 0.6 is 0 Å². The Morgan fingerprint density at radius 2 is 1.65 bits per heavy atom. The van der Waals surface area contributed by atoms with Gasteiger partial charge in [0.2, 0.25) is 0 Å². The first-order valence-corrected chi connectivity index (χ1v) is 11.2. The standard InChI is InChI=1S/C26H34/c1-16-7-19-12-20(24(2,3)4)13-23(22(19)8-16)26-14-17-9-18(15-26)11-21(10-17)25(26)5-6-25/h7,12-13,17-18,21H,5-6,8-11,14-15H2,1-4H3. The van der Waals surface area contributed by atoms with Crippen LogP contribution in [0, 0.1) is 23.2 Å².